The van der Waals surface area contributed by atoms with Crippen LogP contribution in [0.5, 0.6) is 0 Å². The number of hydroxylamine groups is 2. The second-order valence-electron chi connectivity index (χ2n) is 7.64. The van der Waals surface area contributed by atoms with Gasteiger partial charge in [0.2, 0.25) is 0 Å². The molecule has 4 aromatic carbocycles. The van der Waals surface area contributed by atoms with E-state index in [1.54, 1.807) is 19.0 Å². The molecule has 5 rings (SSSR count). The van der Waals surface area contributed by atoms with Crippen molar-refractivity contribution >= 4 is 38.2 Å². The van der Waals surface area contributed by atoms with Crippen molar-refractivity contribution in [3.8, 4) is 0 Å². The standard InChI is InChI=1S/C23H22N2O2/c1-24(2)23(26)20-13-19(25(3)27-20)17-11-9-16-8-7-14-5-4-6-15-10-12-18(17)22(16)21(14)15/h4-12,19-20H,13H2,1-3H3/t19-,20-/m1/s1. The van der Waals surface area contributed by atoms with Gasteiger partial charge in [0.05, 0.1) is 6.04 Å². The van der Waals surface area contributed by atoms with E-state index in [-0.39, 0.29) is 11.9 Å². The highest BCUT2D eigenvalue weighted by atomic mass is 16.7. The van der Waals surface area contributed by atoms with Gasteiger partial charge in [0, 0.05) is 27.6 Å². The number of amides is 1. The van der Waals surface area contributed by atoms with Crippen LogP contribution in [0, 0.1) is 0 Å². The molecule has 27 heavy (non-hydrogen) atoms. The van der Waals surface area contributed by atoms with Gasteiger partial charge in [-0.05, 0) is 37.9 Å². The maximum atomic E-state index is 12.4. The normalized spacial score (nSPS) is 20.9. The van der Waals surface area contributed by atoms with Crippen molar-refractivity contribution in [3.63, 3.8) is 0 Å². The van der Waals surface area contributed by atoms with Gasteiger partial charge in [-0.25, -0.2) is 0 Å². The van der Waals surface area contributed by atoms with E-state index in [0.29, 0.717) is 6.42 Å². The number of benzene rings is 4. The highest BCUT2D eigenvalue weighted by molar-refractivity contribution is 6.23. The number of likely N-dealkylation sites (N-methyl/N-ethyl adjacent to an activating group) is 1. The molecule has 1 aliphatic heterocycles. The molecule has 0 unspecified atom stereocenters. The first-order valence-corrected chi connectivity index (χ1v) is 9.32. The molecule has 1 heterocycles. The van der Waals surface area contributed by atoms with Crippen molar-refractivity contribution in [3.05, 3.63) is 60.2 Å². The van der Waals surface area contributed by atoms with Gasteiger partial charge in [0.25, 0.3) is 5.91 Å². The molecule has 0 saturated carbocycles. The van der Waals surface area contributed by atoms with Gasteiger partial charge in [-0.15, -0.1) is 0 Å². The maximum Gasteiger partial charge on any atom is 0.253 e. The summed E-state index contributed by atoms with van der Waals surface area (Å²) in [4.78, 5) is 19.9. The molecular formula is C23H22N2O2. The molecule has 1 aliphatic rings. The lowest BCUT2D eigenvalue weighted by molar-refractivity contribution is -0.169. The van der Waals surface area contributed by atoms with E-state index in [1.807, 2.05) is 12.1 Å². The van der Waals surface area contributed by atoms with E-state index >= 15 is 0 Å². The highest BCUT2D eigenvalue weighted by Gasteiger charge is 2.37. The van der Waals surface area contributed by atoms with Gasteiger partial charge >= 0.3 is 0 Å². The van der Waals surface area contributed by atoms with E-state index < -0.39 is 6.10 Å². The van der Waals surface area contributed by atoms with Crippen LogP contribution in [0.25, 0.3) is 32.3 Å². The summed E-state index contributed by atoms with van der Waals surface area (Å²) in [5.74, 6) is 0.0158. The largest absolute Gasteiger partial charge is 0.346 e. The molecule has 0 bridgehead atoms. The van der Waals surface area contributed by atoms with Crippen molar-refractivity contribution in [1.29, 1.82) is 0 Å². The summed E-state index contributed by atoms with van der Waals surface area (Å²) in [6.45, 7) is 0. The molecule has 0 aliphatic carbocycles. The minimum Gasteiger partial charge on any atom is -0.346 e. The second-order valence-corrected chi connectivity index (χ2v) is 7.64. The van der Waals surface area contributed by atoms with Crippen LogP contribution in [-0.2, 0) is 9.63 Å². The summed E-state index contributed by atoms with van der Waals surface area (Å²) in [6, 6.07) is 19.7. The topological polar surface area (TPSA) is 32.8 Å². The second kappa shape index (κ2) is 5.91. The van der Waals surface area contributed by atoms with Crippen LogP contribution in [0.4, 0.5) is 0 Å². The van der Waals surface area contributed by atoms with Crippen LogP contribution in [0.1, 0.15) is 18.0 Å². The Hall–Kier alpha value is -2.69. The number of nitrogens with zero attached hydrogens (tertiary/aromatic N) is 2. The number of hydrogen-bond acceptors (Lipinski definition) is 3. The zero-order valence-corrected chi connectivity index (χ0v) is 15.8. The maximum absolute atomic E-state index is 12.4. The zero-order valence-electron chi connectivity index (χ0n) is 15.8. The SMILES string of the molecule is CN(C)C(=O)[C@H]1C[C@H](c2ccc3ccc4cccc5ccc2c3c45)N(C)O1. The van der Waals surface area contributed by atoms with Crippen LogP contribution in [0.3, 0.4) is 0 Å². The predicted octanol–water partition coefficient (Wildman–Crippen LogP) is 4.35. The fourth-order valence-electron chi connectivity index (χ4n) is 4.47. The summed E-state index contributed by atoms with van der Waals surface area (Å²) in [5.41, 5.74) is 1.22. The van der Waals surface area contributed by atoms with Crippen LogP contribution in [0.2, 0.25) is 0 Å². The van der Waals surface area contributed by atoms with Gasteiger partial charge in [0.15, 0.2) is 6.10 Å². The third kappa shape index (κ3) is 2.41. The number of carbonyl (C=O) groups is 1. The fourth-order valence-corrected chi connectivity index (χ4v) is 4.47. The molecule has 4 heteroatoms. The van der Waals surface area contributed by atoms with Gasteiger partial charge < -0.3 is 4.90 Å². The van der Waals surface area contributed by atoms with E-state index in [0.717, 1.165) is 0 Å². The lowest BCUT2D eigenvalue weighted by atomic mass is 9.89. The molecule has 0 spiro atoms. The Balaban J connectivity index is 1.69. The molecule has 0 radical (unpaired) electrons. The third-order valence-corrected chi connectivity index (χ3v) is 5.81. The number of hydrogen-bond donors (Lipinski definition) is 0. The number of rotatable bonds is 2. The zero-order chi connectivity index (χ0) is 18.7. The van der Waals surface area contributed by atoms with Crippen molar-refractivity contribution in [2.24, 2.45) is 0 Å². The summed E-state index contributed by atoms with van der Waals surface area (Å²) >= 11 is 0. The molecule has 4 nitrogen and oxygen atoms in total. The Labute approximate surface area is 158 Å². The average molecular weight is 358 g/mol. The predicted molar refractivity (Wildman–Crippen MR) is 109 cm³/mol. The summed E-state index contributed by atoms with van der Waals surface area (Å²) in [6.07, 6.45) is 0.242. The van der Waals surface area contributed by atoms with Gasteiger partial charge in [-0.1, -0.05) is 54.6 Å². The molecule has 1 fully saturated rings. The van der Waals surface area contributed by atoms with Crippen LogP contribution >= 0.6 is 0 Å². The quantitative estimate of drug-likeness (QED) is 0.500. The van der Waals surface area contributed by atoms with Crippen molar-refractivity contribution < 1.29 is 9.63 Å². The molecule has 1 saturated heterocycles. The summed E-state index contributed by atoms with van der Waals surface area (Å²) in [5, 5.41) is 9.49. The monoisotopic (exact) mass is 358 g/mol. The van der Waals surface area contributed by atoms with Gasteiger partial charge in [0.1, 0.15) is 0 Å². The van der Waals surface area contributed by atoms with E-state index in [9.17, 15) is 4.79 Å². The first-order valence-electron chi connectivity index (χ1n) is 9.32. The van der Waals surface area contributed by atoms with Crippen molar-refractivity contribution in [2.75, 3.05) is 21.1 Å². The molecule has 136 valence electrons. The lowest BCUT2D eigenvalue weighted by Gasteiger charge is -2.21. The Morgan fingerprint density at radius 3 is 2.30 bits per heavy atom. The van der Waals surface area contributed by atoms with E-state index in [2.05, 4.69) is 54.6 Å². The smallest absolute Gasteiger partial charge is 0.253 e. The minimum absolute atomic E-state index is 0.0158. The summed E-state index contributed by atoms with van der Waals surface area (Å²) in [7, 11) is 5.47. The van der Waals surface area contributed by atoms with E-state index in [4.69, 9.17) is 4.84 Å². The van der Waals surface area contributed by atoms with E-state index in [1.165, 1.54) is 37.9 Å². The first-order chi connectivity index (χ1) is 13.0. The molecule has 4 aromatic rings. The molecule has 2 atom stereocenters. The fraction of sp³-hybridized carbons (Fsp3) is 0.261. The van der Waals surface area contributed by atoms with Crippen LogP contribution < -0.4 is 0 Å². The number of carbonyl (C=O) groups excluding carboxylic acids is 1. The van der Waals surface area contributed by atoms with Crippen LogP contribution in [-0.4, -0.2) is 43.1 Å². The van der Waals surface area contributed by atoms with Crippen molar-refractivity contribution in [2.45, 2.75) is 18.6 Å². The summed E-state index contributed by atoms with van der Waals surface area (Å²) < 4.78 is 0. The Bertz CT molecular complexity index is 1150. The highest BCUT2D eigenvalue weighted by Crippen LogP contribution is 2.41. The molecule has 1 amide bonds. The van der Waals surface area contributed by atoms with Gasteiger partial charge in [-0.3, -0.25) is 9.63 Å². The molecule has 0 N–H and O–H groups in total. The van der Waals surface area contributed by atoms with Crippen LogP contribution in [0.15, 0.2) is 54.6 Å². The molecular weight excluding hydrogens is 336 g/mol. The van der Waals surface area contributed by atoms with Gasteiger partial charge in [-0.2, -0.15) is 5.06 Å². The minimum atomic E-state index is -0.423. The first kappa shape index (κ1) is 16.5. The third-order valence-electron chi connectivity index (χ3n) is 5.81. The Morgan fingerprint density at radius 1 is 0.963 bits per heavy atom. The molecule has 0 aromatic heterocycles. The Morgan fingerprint density at radius 2 is 1.59 bits per heavy atom. The average Bonchev–Trinajstić information content (AvgIpc) is 3.06. The van der Waals surface area contributed by atoms with Crippen molar-refractivity contribution in [1.82, 2.24) is 9.96 Å². The lowest BCUT2D eigenvalue weighted by Crippen LogP contribution is -2.33. The Kier molecular flexibility index (Phi) is 3.61.